The number of hydrogen-bond donors (Lipinski definition) is 1. The average molecular weight is 270 g/mol. The van der Waals surface area contributed by atoms with E-state index in [1.165, 1.54) is 4.31 Å². The third-order valence-electron chi connectivity index (χ3n) is 2.98. The minimum Gasteiger partial charge on any atom is -0.326 e. The smallest absolute Gasteiger partial charge is 0.218 e. The van der Waals surface area contributed by atoms with Crippen molar-refractivity contribution in [2.45, 2.75) is 32.1 Å². The van der Waals surface area contributed by atoms with Crippen LogP contribution in [0.25, 0.3) is 0 Å². The van der Waals surface area contributed by atoms with Crippen LogP contribution in [-0.2, 0) is 22.3 Å². The van der Waals surface area contributed by atoms with Crippen LogP contribution in [0.5, 0.6) is 0 Å². The lowest BCUT2D eigenvalue weighted by atomic mass is 10.1. The largest absolute Gasteiger partial charge is 0.326 e. The monoisotopic (exact) mass is 270 g/mol. The Morgan fingerprint density at radius 2 is 1.83 bits per heavy atom. The molecule has 0 aliphatic rings. The maximum Gasteiger partial charge on any atom is 0.218 e. The van der Waals surface area contributed by atoms with Gasteiger partial charge in [0, 0.05) is 20.1 Å². The highest BCUT2D eigenvalue weighted by Gasteiger charge is 2.19. The molecule has 102 valence electrons. The number of sulfonamides is 1. The van der Waals surface area contributed by atoms with Gasteiger partial charge in [0.2, 0.25) is 10.0 Å². The normalized spacial score (nSPS) is 12.0. The molecule has 18 heavy (non-hydrogen) atoms. The maximum atomic E-state index is 12.2. The van der Waals surface area contributed by atoms with Crippen molar-refractivity contribution in [1.29, 1.82) is 0 Å². The molecule has 2 N–H and O–H groups in total. The number of benzene rings is 1. The van der Waals surface area contributed by atoms with Gasteiger partial charge in [-0.1, -0.05) is 37.6 Å². The molecule has 0 aliphatic carbocycles. The van der Waals surface area contributed by atoms with Crippen LogP contribution in [0, 0.1) is 0 Å². The van der Waals surface area contributed by atoms with Crippen molar-refractivity contribution in [3.63, 3.8) is 0 Å². The van der Waals surface area contributed by atoms with E-state index in [0.717, 1.165) is 24.0 Å². The van der Waals surface area contributed by atoms with Crippen LogP contribution < -0.4 is 5.73 Å². The fraction of sp³-hybridized carbons (Fsp3) is 0.538. The summed E-state index contributed by atoms with van der Waals surface area (Å²) < 4.78 is 25.8. The zero-order valence-corrected chi connectivity index (χ0v) is 11.9. The predicted molar refractivity (Wildman–Crippen MR) is 74.5 cm³/mol. The van der Waals surface area contributed by atoms with E-state index in [2.05, 4.69) is 0 Å². The first-order chi connectivity index (χ1) is 8.51. The molecule has 1 rings (SSSR count). The van der Waals surface area contributed by atoms with E-state index in [-0.39, 0.29) is 5.75 Å². The SMILES string of the molecule is CCCCN(C)S(=O)(=O)Cc1ccccc1CN. The summed E-state index contributed by atoms with van der Waals surface area (Å²) in [6.45, 7) is 2.98. The first-order valence-corrected chi connectivity index (χ1v) is 7.83. The molecule has 1 aromatic carbocycles. The average Bonchev–Trinajstić information content (AvgIpc) is 2.36. The van der Waals surface area contributed by atoms with Crippen molar-refractivity contribution in [3.05, 3.63) is 35.4 Å². The summed E-state index contributed by atoms with van der Waals surface area (Å²) in [4.78, 5) is 0. The third kappa shape index (κ3) is 4.08. The molecule has 0 spiro atoms. The highest BCUT2D eigenvalue weighted by molar-refractivity contribution is 7.88. The maximum absolute atomic E-state index is 12.2. The number of nitrogens with zero attached hydrogens (tertiary/aromatic N) is 1. The Hall–Kier alpha value is -0.910. The zero-order valence-electron chi connectivity index (χ0n) is 11.1. The molecule has 0 unspecified atom stereocenters. The summed E-state index contributed by atoms with van der Waals surface area (Å²) in [5.41, 5.74) is 7.31. The van der Waals surface area contributed by atoms with E-state index in [1.54, 1.807) is 7.05 Å². The third-order valence-corrected chi connectivity index (χ3v) is 4.79. The minimum atomic E-state index is -3.24. The van der Waals surface area contributed by atoms with Gasteiger partial charge < -0.3 is 5.73 Å². The van der Waals surface area contributed by atoms with Gasteiger partial charge in [-0.05, 0) is 17.5 Å². The van der Waals surface area contributed by atoms with Crippen LogP contribution in [0.2, 0.25) is 0 Å². The molecule has 0 fully saturated rings. The van der Waals surface area contributed by atoms with Crippen LogP contribution in [-0.4, -0.2) is 26.3 Å². The molecule has 0 amide bonds. The van der Waals surface area contributed by atoms with E-state index >= 15 is 0 Å². The van der Waals surface area contributed by atoms with Gasteiger partial charge in [0.15, 0.2) is 0 Å². The summed E-state index contributed by atoms with van der Waals surface area (Å²) in [5, 5.41) is 0. The van der Waals surface area contributed by atoms with Crippen molar-refractivity contribution < 1.29 is 8.42 Å². The van der Waals surface area contributed by atoms with Gasteiger partial charge in [-0.25, -0.2) is 12.7 Å². The van der Waals surface area contributed by atoms with Gasteiger partial charge in [-0.3, -0.25) is 0 Å². The summed E-state index contributed by atoms with van der Waals surface area (Å²) in [7, 11) is -1.61. The van der Waals surface area contributed by atoms with E-state index in [0.29, 0.717) is 13.1 Å². The number of nitrogens with two attached hydrogens (primary N) is 1. The van der Waals surface area contributed by atoms with Crippen molar-refractivity contribution in [1.82, 2.24) is 4.31 Å². The van der Waals surface area contributed by atoms with Crippen molar-refractivity contribution in [2.24, 2.45) is 5.73 Å². The molecule has 0 atom stereocenters. The van der Waals surface area contributed by atoms with Crippen molar-refractivity contribution >= 4 is 10.0 Å². The fourth-order valence-corrected chi connectivity index (χ4v) is 3.03. The molecule has 0 radical (unpaired) electrons. The molecular weight excluding hydrogens is 248 g/mol. The summed E-state index contributed by atoms with van der Waals surface area (Å²) in [6, 6.07) is 7.42. The van der Waals surface area contributed by atoms with Crippen molar-refractivity contribution in [3.8, 4) is 0 Å². The Kier molecular flexibility index (Phi) is 5.78. The van der Waals surface area contributed by atoms with Gasteiger partial charge in [-0.15, -0.1) is 0 Å². The lowest BCUT2D eigenvalue weighted by molar-refractivity contribution is 0.458. The fourth-order valence-electron chi connectivity index (χ4n) is 1.72. The summed E-state index contributed by atoms with van der Waals surface area (Å²) in [5.74, 6) is 0.0284. The van der Waals surface area contributed by atoms with Crippen LogP contribution in [0.15, 0.2) is 24.3 Å². The Morgan fingerprint density at radius 1 is 1.22 bits per heavy atom. The molecule has 4 nitrogen and oxygen atoms in total. The first kappa shape index (κ1) is 15.1. The van der Waals surface area contributed by atoms with Crippen LogP contribution in [0.3, 0.4) is 0 Å². The molecule has 0 heterocycles. The molecule has 0 aromatic heterocycles. The zero-order chi connectivity index (χ0) is 13.6. The number of hydrogen-bond acceptors (Lipinski definition) is 3. The predicted octanol–water partition coefficient (Wildman–Crippen LogP) is 1.71. The van der Waals surface area contributed by atoms with Crippen LogP contribution in [0.4, 0.5) is 0 Å². The number of unbranched alkanes of at least 4 members (excludes halogenated alkanes) is 1. The van der Waals surface area contributed by atoms with Gasteiger partial charge in [0.25, 0.3) is 0 Å². The molecule has 0 bridgehead atoms. The summed E-state index contributed by atoms with van der Waals surface area (Å²) >= 11 is 0. The van der Waals surface area contributed by atoms with E-state index in [1.807, 2.05) is 31.2 Å². The second kappa shape index (κ2) is 6.87. The van der Waals surface area contributed by atoms with Crippen molar-refractivity contribution in [2.75, 3.05) is 13.6 Å². The molecular formula is C13H22N2O2S. The number of rotatable bonds is 7. The Labute approximate surface area is 110 Å². The first-order valence-electron chi connectivity index (χ1n) is 6.22. The topological polar surface area (TPSA) is 63.4 Å². The highest BCUT2D eigenvalue weighted by Crippen LogP contribution is 2.14. The summed E-state index contributed by atoms with van der Waals surface area (Å²) in [6.07, 6.45) is 1.87. The highest BCUT2D eigenvalue weighted by atomic mass is 32.2. The van der Waals surface area contributed by atoms with Crippen LogP contribution >= 0.6 is 0 Å². The van der Waals surface area contributed by atoms with Gasteiger partial charge in [-0.2, -0.15) is 0 Å². The molecule has 5 heteroatoms. The Morgan fingerprint density at radius 3 is 2.39 bits per heavy atom. The van der Waals surface area contributed by atoms with Gasteiger partial charge >= 0.3 is 0 Å². The van der Waals surface area contributed by atoms with Crippen LogP contribution in [0.1, 0.15) is 30.9 Å². The Balaban J connectivity index is 2.82. The second-order valence-corrected chi connectivity index (χ2v) is 6.48. The van der Waals surface area contributed by atoms with E-state index < -0.39 is 10.0 Å². The van der Waals surface area contributed by atoms with Gasteiger partial charge in [0.05, 0.1) is 5.75 Å². The molecule has 0 aliphatic heterocycles. The van der Waals surface area contributed by atoms with E-state index in [9.17, 15) is 8.42 Å². The minimum absolute atomic E-state index is 0.0284. The van der Waals surface area contributed by atoms with Gasteiger partial charge in [0.1, 0.15) is 0 Å². The second-order valence-electron chi connectivity index (χ2n) is 4.40. The lowest BCUT2D eigenvalue weighted by Crippen LogP contribution is -2.29. The molecule has 0 saturated carbocycles. The molecule has 1 aromatic rings. The Bertz CT molecular complexity index is 472. The van der Waals surface area contributed by atoms with E-state index in [4.69, 9.17) is 5.73 Å². The lowest BCUT2D eigenvalue weighted by Gasteiger charge is -2.17. The standard InChI is InChI=1S/C13H22N2O2S/c1-3-4-9-15(2)18(16,17)11-13-8-6-5-7-12(13)10-14/h5-8H,3-4,9-11,14H2,1-2H3. The quantitative estimate of drug-likeness (QED) is 0.820. The molecule has 0 saturated heterocycles.